The summed E-state index contributed by atoms with van der Waals surface area (Å²) < 4.78 is 37.5. The molecule has 1 aromatic rings. The minimum absolute atomic E-state index is 0.0537. The van der Waals surface area contributed by atoms with Crippen molar-refractivity contribution in [3.63, 3.8) is 0 Å². The maximum absolute atomic E-state index is 12.5. The number of rotatable bonds is 1. The van der Waals surface area contributed by atoms with E-state index in [-0.39, 0.29) is 23.7 Å². The number of hydrogen-bond donors (Lipinski definition) is 2. The lowest BCUT2D eigenvalue weighted by Gasteiger charge is -2.20. The molecule has 0 unspecified atom stereocenters. The van der Waals surface area contributed by atoms with Gasteiger partial charge in [-0.15, -0.1) is 0 Å². The molecular formula is C15H17F3N2O. The molecule has 0 saturated carbocycles. The summed E-state index contributed by atoms with van der Waals surface area (Å²) in [5.41, 5.74) is -0.853. The Morgan fingerprint density at radius 1 is 1.24 bits per heavy atom. The van der Waals surface area contributed by atoms with Crippen molar-refractivity contribution >= 4 is 6.03 Å². The first-order valence-electron chi connectivity index (χ1n) is 6.30. The molecule has 0 aliphatic rings. The van der Waals surface area contributed by atoms with Gasteiger partial charge in [-0.05, 0) is 39.0 Å². The third kappa shape index (κ3) is 6.70. The smallest absolute Gasteiger partial charge is 0.334 e. The Bertz CT molecular complexity index is 563. The van der Waals surface area contributed by atoms with Crippen LogP contribution in [0.1, 0.15) is 31.9 Å². The molecule has 0 aliphatic heterocycles. The van der Waals surface area contributed by atoms with Crippen molar-refractivity contribution in [1.82, 2.24) is 10.6 Å². The van der Waals surface area contributed by atoms with Crippen LogP contribution >= 0.6 is 0 Å². The van der Waals surface area contributed by atoms with Gasteiger partial charge in [0.15, 0.2) is 0 Å². The highest BCUT2D eigenvalue weighted by Gasteiger charge is 2.30. The number of carbonyl (C=O) groups is 1. The molecule has 3 nitrogen and oxygen atoms in total. The summed E-state index contributed by atoms with van der Waals surface area (Å²) in [4.78, 5) is 11.4. The third-order valence-corrected chi connectivity index (χ3v) is 2.25. The molecule has 2 amide bonds. The Kier molecular flexibility index (Phi) is 5.25. The zero-order valence-corrected chi connectivity index (χ0v) is 12.1. The van der Waals surface area contributed by atoms with Crippen LogP contribution in [0, 0.1) is 11.8 Å². The molecule has 0 heterocycles. The van der Waals surface area contributed by atoms with E-state index in [9.17, 15) is 18.0 Å². The molecule has 0 bridgehead atoms. The topological polar surface area (TPSA) is 41.1 Å². The summed E-state index contributed by atoms with van der Waals surface area (Å²) in [6, 6.07) is 4.37. The van der Waals surface area contributed by atoms with Crippen molar-refractivity contribution in [2.24, 2.45) is 0 Å². The molecule has 21 heavy (non-hydrogen) atoms. The lowest BCUT2D eigenvalue weighted by molar-refractivity contribution is -0.137. The molecule has 0 fully saturated rings. The van der Waals surface area contributed by atoms with E-state index < -0.39 is 11.7 Å². The largest absolute Gasteiger partial charge is 0.416 e. The van der Waals surface area contributed by atoms with Gasteiger partial charge in [0.25, 0.3) is 0 Å². The van der Waals surface area contributed by atoms with Crippen LogP contribution in [0.5, 0.6) is 0 Å². The molecule has 2 N–H and O–H groups in total. The van der Waals surface area contributed by atoms with E-state index in [0.717, 1.165) is 12.1 Å². The van der Waals surface area contributed by atoms with E-state index in [0.29, 0.717) is 0 Å². The van der Waals surface area contributed by atoms with Crippen LogP contribution in [-0.4, -0.2) is 18.1 Å². The monoisotopic (exact) mass is 298 g/mol. The van der Waals surface area contributed by atoms with Crippen molar-refractivity contribution in [3.8, 4) is 11.8 Å². The first kappa shape index (κ1) is 16.9. The number of amides is 2. The average molecular weight is 298 g/mol. The van der Waals surface area contributed by atoms with E-state index >= 15 is 0 Å². The second-order valence-electron chi connectivity index (χ2n) is 5.44. The van der Waals surface area contributed by atoms with Gasteiger partial charge in [-0.1, -0.05) is 17.9 Å². The van der Waals surface area contributed by atoms with Crippen LogP contribution < -0.4 is 10.6 Å². The van der Waals surface area contributed by atoms with Crippen LogP contribution in [0.4, 0.5) is 18.0 Å². The van der Waals surface area contributed by atoms with Crippen LogP contribution in [0.15, 0.2) is 24.3 Å². The Morgan fingerprint density at radius 2 is 1.90 bits per heavy atom. The van der Waals surface area contributed by atoms with Crippen molar-refractivity contribution in [2.75, 3.05) is 6.54 Å². The summed E-state index contributed by atoms with van der Waals surface area (Å²) in [6.07, 6.45) is -4.39. The zero-order valence-electron chi connectivity index (χ0n) is 12.1. The Morgan fingerprint density at radius 3 is 2.48 bits per heavy atom. The van der Waals surface area contributed by atoms with Gasteiger partial charge in [0.2, 0.25) is 0 Å². The predicted octanol–water partition coefficient (Wildman–Crippen LogP) is 3.15. The number of halogens is 3. The zero-order chi connectivity index (χ0) is 16.1. The average Bonchev–Trinajstić information content (AvgIpc) is 2.32. The predicted molar refractivity (Wildman–Crippen MR) is 74.6 cm³/mol. The van der Waals surface area contributed by atoms with E-state index in [4.69, 9.17) is 0 Å². The fourth-order valence-corrected chi connectivity index (χ4v) is 1.43. The molecule has 0 aliphatic carbocycles. The summed E-state index contributed by atoms with van der Waals surface area (Å²) in [5.74, 6) is 5.19. The summed E-state index contributed by atoms with van der Waals surface area (Å²) in [6.45, 7) is 5.56. The van der Waals surface area contributed by atoms with Gasteiger partial charge in [-0.3, -0.25) is 0 Å². The molecule has 1 aromatic carbocycles. The summed E-state index contributed by atoms with van der Waals surface area (Å²) in [7, 11) is 0. The first-order valence-corrected chi connectivity index (χ1v) is 6.30. The molecular weight excluding hydrogens is 281 g/mol. The van der Waals surface area contributed by atoms with Crippen LogP contribution in [-0.2, 0) is 6.18 Å². The number of alkyl halides is 3. The fourth-order valence-electron chi connectivity index (χ4n) is 1.43. The van der Waals surface area contributed by atoms with Gasteiger partial charge >= 0.3 is 12.2 Å². The maximum Gasteiger partial charge on any atom is 0.416 e. The molecule has 0 atom stereocenters. The van der Waals surface area contributed by atoms with E-state index in [1.165, 1.54) is 12.1 Å². The van der Waals surface area contributed by atoms with Gasteiger partial charge in [0, 0.05) is 11.1 Å². The third-order valence-electron chi connectivity index (χ3n) is 2.25. The Labute approximate surface area is 121 Å². The first-order chi connectivity index (χ1) is 9.58. The number of urea groups is 1. The maximum atomic E-state index is 12.5. The van der Waals surface area contributed by atoms with Crippen molar-refractivity contribution in [3.05, 3.63) is 35.4 Å². The highest BCUT2D eigenvalue weighted by Crippen LogP contribution is 2.29. The minimum atomic E-state index is -4.39. The van der Waals surface area contributed by atoms with E-state index in [2.05, 4.69) is 22.5 Å². The fraction of sp³-hybridized carbons (Fsp3) is 0.400. The Hall–Kier alpha value is -2.16. The van der Waals surface area contributed by atoms with E-state index in [1.54, 1.807) is 0 Å². The molecule has 6 heteroatoms. The lowest BCUT2D eigenvalue weighted by Crippen LogP contribution is -2.46. The van der Waals surface area contributed by atoms with Crippen molar-refractivity contribution in [2.45, 2.75) is 32.5 Å². The Balaban J connectivity index is 2.58. The van der Waals surface area contributed by atoms with Crippen molar-refractivity contribution in [1.29, 1.82) is 0 Å². The van der Waals surface area contributed by atoms with Gasteiger partial charge < -0.3 is 10.6 Å². The molecule has 0 saturated heterocycles. The van der Waals surface area contributed by atoms with Gasteiger partial charge in [0.1, 0.15) is 0 Å². The molecule has 1 rings (SSSR count). The van der Waals surface area contributed by atoms with E-state index in [1.807, 2.05) is 20.8 Å². The highest BCUT2D eigenvalue weighted by atomic mass is 19.4. The highest BCUT2D eigenvalue weighted by molar-refractivity contribution is 5.74. The summed E-state index contributed by atoms with van der Waals surface area (Å²) >= 11 is 0. The second kappa shape index (κ2) is 6.53. The van der Waals surface area contributed by atoms with Crippen LogP contribution in [0.3, 0.4) is 0 Å². The van der Waals surface area contributed by atoms with Crippen molar-refractivity contribution < 1.29 is 18.0 Å². The summed E-state index contributed by atoms with van der Waals surface area (Å²) in [5, 5.41) is 5.19. The molecule has 114 valence electrons. The standard InChI is InChI=1S/C15H17F3N2O/c1-14(2,3)20-13(21)19-9-5-7-11-6-4-8-12(10-11)15(16,17)18/h4,6,8,10H,9H2,1-3H3,(H2,19,20,21). The number of carbonyl (C=O) groups excluding carboxylic acids is 1. The molecule has 0 radical (unpaired) electrons. The lowest BCUT2D eigenvalue weighted by atomic mass is 10.1. The van der Waals surface area contributed by atoms with Gasteiger partial charge in [-0.25, -0.2) is 4.79 Å². The molecule has 0 aromatic heterocycles. The van der Waals surface area contributed by atoms with Gasteiger partial charge in [-0.2, -0.15) is 13.2 Å². The second-order valence-corrected chi connectivity index (χ2v) is 5.44. The molecule has 0 spiro atoms. The SMILES string of the molecule is CC(C)(C)NC(=O)NCC#Cc1cccc(C(F)(F)F)c1. The normalized spacial score (nSPS) is 11.3. The minimum Gasteiger partial charge on any atom is -0.334 e. The number of benzene rings is 1. The number of nitrogens with one attached hydrogen (secondary N) is 2. The van der Waals surface area contributed by atoms with Gasteiger partial charge in [0.05, 0.1) is 12.1 Å². The quantitative estimate of drug-likeness (QED) is 0.768. The number of hydrogen-bond acceptors (Lipinski definition) is 1. The van der Waals surface area contributed by atoms with Crippen LogP contribution in [0.25, 0.3) is 0 Å². The van der Waals surface area contributed by atoms with Crippen LogP contribution in [0.2, 0.25) is 0 Å².